The number of amides is 11. The zero-order chi connectivity index (χ0) is 64.1. The van der Waals surface area contributed by atoms with E-state index in [0.29, 0.717) is 0 Å². The monoisotopic (exact) mass is 1220 g/mol. The number of carboxylic acids is 4. The number of nitrogens with one attached hydrogen (secondary N) is 9. The minimum atomic E-state index is -2.06. The Hall–Kier alpha value is -8.49. The van der Waals surface area contributed by atoms with Gasteiger partial charge in [0.05, 0.1) is 45.1 Å². The molecule has 1 saturated heterocycles. The van der Waals surface area contributed by atoms with E-state index >= 15 is 0 Å². The Morgan fingerprint density at radius 1 is 0.536 bits per heavy atom. The van der Waals surface area contributed by atoms with E-state index in [1.807, 2.05) is 21.3 Å². The Labute approximate surface area is 483 Å². The third-order valence-electron chi connectivity index (χ3n) is 12.1. The van der Waals surface area contributed by atoms with Gasteiger partial charge in [-0.05, 0) is 44.4 Å². The quantitative estimate of drug-likeness (QED) is 0.0118. The molecule has 0 aromatic carbocycles. The highest BCUT2D eigenvalue weighted by Gasteiger charge is 2.41. The second-order valence-electron chi connectivity index (χ2n) is 19.3. The van der Waals surface area contributed by atoms with E-state index in [9.17, 15) is 103 Å². The summed E-state index contributed by atoms with van der Waals surface area (Å²) in [4.78, 5) is 197. The molecular formula is C46H75N15O22S. The summed E-state index contributed by atoms with van der Waals surface area (Å²) in [6.07, 6.45) is -3.92. The molecule has 84 heavy (non-hydrogen) atoms. The van der Waals surface area contributed by atoms with Gasteiger partial charge >= 0.3 is 23.9 Å². The molecule has 0 unspecified atom stereocenters. The molecule has 1 aliphatic rings. The number of nitrogens with two attached hydrogens (primary N) is 4. The van der Waals surface area contributed by atoms with Gasteiger partial charge in [0.15, 0.2) is 5.96 Å². The number of aliphatic hydroxyl groups excluding tert-OH is 3. The van der Waals surface area contributed by atoms with E-state index in [2.05, 4.69) is 44.2 Å². The average molecular weight is 1220 g/mol. The summed E-state index contributed by atoms with van der Waals surface area (Å²) in [5.41, 5.74) is 21.6. The Bertz CT molecular complexity index is 2430. The molecular weight excluding hydrogens is 1150 g/mol. The summed E-state index contributed by atoms with van der Waals surface area (Å²) >= 11 is 4.02. The Morgan fingerprint density at radius 3 is 1.33 bits per heavy atom. The van der Waals surface area contributed by atoms with Crippen molar-refractivity contribution in [2.45, 2.75) is 145 Å². The second-order valence-corrected chi connectivity index (χ2v) is 19.7. The number of primary amides is 1. The fourth-order valence-electron chi connectivity index (χ4n) is 7.78. The maximum absolute atomic E-state index is 14.0. The lowest BCUT2D eigenvalue weighted by Crippen LogP contribution is -2.62. The molecule has 0 spiro atoms. The molecule has 1 heterocycles. The topological polar surface area (TPSA) is 626 Å². The van der Waals surface area contributed by atoms with E-state index < -0.39 is 213 Å². The molecule has 472 valence electrons. The van der Waals surface area contributed by atoms with Crippen LogP contribution < -0.4 is 70.8 Å². The van der Waals surface area contributed by atoms with E-state index in [1.165, 1.54) is 0 Å². The molecule has 0 aromatic heterocycles. The third-order valence-corrected chi connectivity index (χ3v) is 12.4. The van der Waals surface area contributed by atoms with Crippen LogP contribution in [0.15, 0.2) is 4.99 Å². The molecule has 1 rings (SSSR count). The maximum Gasteiger partial charge on any atom is 0.326 e. The molecule has 24 N–H and O–H groups in total. The fraction of sp³-hybridized carbons (Fsp3) is 0.652. The molecule has 0 radical (unpaired) electrons. The second kappa shape index (κ2) is 36.9. The van der Waals surface area contributed by atoms with Crippen molar-refractivity contribution in [1.82, 2.24) is 52.8 Å². The summed E-state index contributed by atoms with van der Waals surface area (Å²) in [5.74, 6) is -20.8. The van der Waals surface area contributed by atoms with Crippen LogP contribution >= 0.6 is 12.6 Å². The molecule has 1 aliphatic heterocycles. The zero-order valence-electron chi connectivity index (χ0n) is 45.6. The van der Waals surface area contributed by atoms with Gasteiger partial charge in [0, 0.05) is 25.3 Å². The molecule has 0 aliphatic carbocycles. The lowest BCUT2D eigenvalue weighted by Gasteiger charge is -2.31. The van der Waals surface area contributed by atoms with Crippen LogP contribution in [0.1, 0.15) is 78.1 Å². The summed E-state index contributed by atoms with van der Waals surface area (Å²) in [6, 6.07) is -19.5. The largest absolute Gasteiger partial charge is 0.481 e. The number of hydrogen-bond acceptors (Lipinski definition) is 21. The van der Waals surface area contributed by atoms with Crippen molar-refractivity contribution in [2.24, 2.45) is 33.8 Å². The van der Waals surface area contributed by atoms with Crippen molar-refractivity contribution in [3.63, 3.8) is 0 Å². The fourth-order valence-corrected chi connectivity index (χ4v) is 8.04. The molecule has 0 bridgehead atoms. The number of likely N-dealkylation sites (tertiary alicyclic amines) is 1. The van der Waals surface area contributed by atoms with Crippen molar-refractivity contribution >= 4 is 107 Å². The van der Waals surface area contributed by atoms with Gasteiger partial charge < -0.3 is 111 Å². The molecule has 38 heteroatoms. The van der Waals surface area contributed by atoms with Crippen LogP contribution in [0.3, 0.4) is 0 Å². The lowest BCUT2D eigenvalue weighted by atomic mass is 10.0. The minimum Gasteiger partial charge on any atom is -0.481 e. The normalized spacial score (nSPS) is 16.3. The summed E-state index contributed by atoms with van der Waals surface area (Å²) < 4.78 is 0. The number of aliphatic imine (C=N–C) groups is 1. The van der Waals surface area contributed by atoms with E-state index in [1.54, 1.807) is 13.8 Å². The summed E-state index contributed by atoms with van der Waals surface area (Å²) in [6.45, 7) is -0.414. The number of hydrogen-bond donors (Lipinski definition) is 21. The van der Waals surface area contributed by atoms with Crippen LogP contribution in [0.4, 0.5) is 0 Å². The zero-order valence-corrected chi connectivity index (χ0v) is 46.5. The number of carboxylic acid groups (broad SMARTS) is 4. The minimum absolute atomic E-state index is 0.0230. The van der Waals surface area contributed by atoms with E-state index in [-0.39, 0.29) is 57.1 Å². The van der Waals surface area contributed by atoms with Gasteiger partial charge in [-0.25, -0.2) is 4.79 Å². The van der Waals surface area contributed by atoms with Crippen molar-refractivity contribution in [3.8, 4) is 0 Å². The Kier molecular flexibility index (Phi) is 32.3. The van der Waals surface area contributed by atoms with Crippen LogP contribution in [-0.4, -0.2) is 241 Å². The standard InChI is InChI=1S/C46H75N15O22S/c1-19(2)11-25(44(81)61-10-4-6-30(61)43(80)52-21(45(82)83)7-8-32(66)67)56-37(74)24(14-34(70)71)55-42(79)29(18-84)60-41(78)28(17-64)57-36(73)22(12-31(48)65)54-39(76)26(15-62)59-40(77)27(16-63)58-38(75)23(13-33(68)69)53-35(72)20(47)5-3-9-51-46(49)50/h19-30,62-64,84H,3-18,47H2,1-2H3,(H2,48,65)(H,52,80)(H,53,72)(H,54,76)(H,55,79)(H,56,74)(H,57,73)(H,58,75)(H,59,77)(H,60,78)(H,66,67)(H,68,69)(H,70,71)(H,82,83)(H4,49,50,51)/t20-,21-,22-,23-,24-,25-,26-,27-,28-,29-,30-/m0/s1. The highest BCUT2D eigenvalue weighted by molar-refractivity contribution is 7.80. The van der Waals surface area contributed by atoms with Crippen molar-refractivity contribution in [2.75, 3.05) is 38.7 Å². The van der Waals surface area contributed by atoms with Gasteiger partial charge in [0.2, 0.25) is 65.0 Å². The number of carbonyl (C=O) groups is 15. The predicted octanol–water partition coefficient (Wildman–Crippen LogP) is -10.6. The predicted molar refractivity (Wildman–Crippen MR) is 287 cm³/mol. The first-order chi connectivity index (χ1) is 39.3. The Morgan fingerprint density at radius 2 is 0.940 bits per heavy atom. The number of carbonyl (C=O) groups excluding carboxylic acids is 11. The first kappa shape index (κ1) is 73.5. The number of nitrogens with zero attached hydrogens (tertiary/aromatic N) is 2. The number of thiol groups is 1. The number of guanidine groups is 1. The number of aliphatic carboxylic acids is 4. The first-order valence-corrected chi connectivity index (χ1v) is 26.4. The van der Waals surface area contributed by atoms with Gasteiger partial charge in [-0.1, -0.05) is 13.8 Å². The molecule has 0 saturated carbocycles. The van der Waals surface area contributed by atoms with Crippen molar-refractivity contribution in [1.29, 1.82) is 0 Å². The summed E-state index contributed by atoms with van der Waals surface area (Å²) in [5, 5.41) is 86.5. The van der Waals surface area contributed by atoms with Gasteiger partial charge in [-0.3, -0.25) is 72.1 Å². The highest BCUT2D eigenvalue weighted by Crippen LogP contribution is 2.21. The van der Waals surface area contributed by atoms with Crippen LogP contribution in [0.5, 0.6) is 0 Å². The Balaban J connectivity index is 3.21. The van der Waals surface area contributed by atoms with Gasteiger partial charge in [0.25, 0.3) is 0 Å². The first-order valence-electron chi connectivity index (χ1n) is 25.7. The van der Waals surface area contributed by atoms with Gasteiger partial charge in [-0.15, -0.1) is 0 Å². The van der Waals surface area contributed by atoms with E-state index in [4.69, 9.17) is 28.0 Å². The number of aliphatic hydroxyl groups is 3. The smallest absolute Gasteiger partial charge is 0.326 e. The third kappa shape index (κ3) is 26.2. The maximum atomic E-state index is 14.0. The van der Waals surface area contributed by atoms with Gasteiger partial charge in [-0.2, -0.15) is 12.6 Å². The molecule has 11 amide bonds. The van der Waals surface area contributed by atoms with Crippen LogP contribution in [-0.2, 0) is 71.9 Å². The SMILES string of the molecule is CC(C)C[C@H](NC(=O)[C@H](CC(=O)O)NC(=O)[C@H](CS)NC(=O)[C@H](CO)NC(=O)[C@H](CC(N)=O)NC(=O)[C@H](CO)NC(=O)[C@H](CO)NC(=O)[C@H](CC(=O)O)NC(=O)[C@@H](N)CCCN=C(N)N)C(=O)N1CCC[C@H]1C(=O)N[C@@H](CCC(=O)O)C(=O)O. The van der Waals surface area contributed by atoms with E-state index in [0.717, 1.165) is 4.90 Å². The molecule has 0 aromatic rings. The van der Waals surface area contributed by atoms with Crippen LogP contribution in [0, 0.1) is 5.92 Å². The average Bonchev–Trinajstić information content (AvgIpc) is 3.91. The van der Waals surface area contributed by atoms with Gasteiger partial charge in [0.1, 0.15) is 60.4 Å². The van der Waals surface area contributed by atoms with Crippen LogP contribution in [0.25, 0.3) is 0 Å². The van der Waals surface area contributed by atoms with Crippen LogP contribution in [0.2, 0.25) is 0 Å². The summed E-state index contributed by atoms with van der Waals surface area (Å²) in [7, 11) is 0. The highest BCUT2D eigenvalue weighted by atomic mass is 32.1. The molecule has 37 nitrogen and oxygen atoms in total. The van der Waals surface area contributed by atoms with Crippen molar-refractivity contribution in [3.05, 3.63) is 0 Å². The van der Waals surface area contributed by atoms with Crippen molar-refractivity contribution < 1.29 is 108 Å². The molecule has 11 atom stereocenters. The number of rotatable bonds is 39. The molecule has 1 fully saturated rings. The lowest BCUT2D eigenvalue weighted by molar-refractivity contribution is -0.146.